The van der Waals surface area contributed by atoms with Crippen LogP contribution >= 0.6 is 12.4 Å². The largest absolute Gasteiger partial charge is 0.493 e. The van der Waals surface area contributed by atoms with Crippen molar-refractivity contribution in [3.05, 3.63) is 59.7 Å². The zero-order chi connectivity index (χ0) is 20.1. The highest BCUT2D eigenvalue weighted by atomic mass is 35.5. The number of carbonyl (C=O) groups excluding carboxylic acids is 2. The highest BCUT2D eigenvalue weighted by Gasteiger charge is 2.35. The zero-order valence-corrected chi connectivity index (χ0v) is 17.1. The van der Waals surface area contributed by atoms with Crippen molar-refractivity contribution in [2.45, 2.75) is 5.92 Å². The van der Waals surface area contributed by atoms with Crippen LogP contribution in [0.3, 0.4) is 0 Å². The van der Waals surface area contributed by atoms with Crippen LogP contribution in [0.25, 0.3) is 0 Å². The van der Waals surface area contributed by atoms with E-state index in [0.717, 1.165) is 0 Å². The summed E-state index contributed by atoms with van der Waals surface area (Å²) in [7, 11) is 1.48. The predicted molar refractivity (Wildman–Crippen MR) is 113 cm³/mol. The van der Waals surface area contributed by atoms with Crippen LogP contribution in [0.1, 0.15) is 21.8 Å². The summed E-state index contributed by atoms with van der Waals surface area (Å²) in [5.41, 5.74) is 12.8. The first kappa shape index (κ1) is 22.5. The molecule has 0 aromatic heterocycles. The molecular weight excluding hydrogens is 394 g/mol. The molecule has 0 spiro atoms. The Morgan fingerprint density at radius 2 is 1.83 bits per heavy atom. The maximum absolute atomic E-state index is 13.0. The average Bonchev–Trinajstić information content (AvgIpc) is 3.16. The topological polar surface area (TPSA) is 108 Å². The van der Waals surface area contributed by atoms with Crippen molar-refractivity contribution < 1.29 is 19.1 Å². The Balaban J connectivity index is 0.00000300. The van der Waals surface area contributed by atoms with E-state index in [1.165, 1.54) is 12.7 Å². The van der Waals surface area contributed by atoms with Gasteiger partial charge in [-0.15, -0.1) is 12.4 Å². The number of nitrogens with two attached hydrogens (primary N) is 2. The van der Waals surface area contributed by atoms with Gasteiger partial charge in [-0.2, -0.15) is 0 Å². The molecule has 2 aromatic carbocycles. The Morgan fingerprint density at radius 3 is 2.45 bits per heavy atom. The minimum absolute atomic E-state index is 0. The Morgan fingerprint density at radius 1 is 1.10 bits per heavy atom. The van der Waals surface area contributed by atoms with Crippen molar-refractivity contribution in [1.82, 2.24) is 4.90 Å². The third-order valence-electron chi connectivity index (χ3n) is 5.04. The van der Waals surface area contributed by atoms with Gasteiger partial charge >= 0.3 is 0 Å². The molecule has 0 unspecified atom stereocenters. The van der Waals surface area contributed by atoms with Crippen LogP contribution in [0, 0.1) is 5.92 Å². The number of ether oxygens (including phenoxy) is 2. The molecule has 156 valence electrons. The van der Waals surface area contributed by atoms with E-state index in [1.54, 1.807) is 18.2 Å². The molecule has 29 heavy (non-hydrogen) atoms. The first-order chi connectivity index (χ1) is 13.5. The van der Waals surface area contributed by atoms with Crippen LogP contribution in [0.5, 0.6) is 11.5 Å². The van der Waals surface area contributed by atoms with Gasteiger partial charge in [-0.05, 0) is 36.2 Å². The minimum Gasteiger partial charge on any atom is -0.493 e. The fourth-order valence-corrected chi connectivity index (χ4v) is 3.61. The van der Waals surface area contributed by atoms with Crippen LogP contribution in [0.15, 0.2) is 48.5 Å². The van der Waals surface area contributed by atoms with Crippen molar-refractivity contribution in [3.63, 3.8) is 0 Å². The monoisotopic (exact) mass is 419 g/mol. The molecule has 1 heterocycles. The molecular formula is C21H26ClN3O4. The minimum atomic E-state index is -0.584. The number of hydrogen-bond acceptors (Lipinski definition) is 5. The van der Waals surface area contributed by atoms with E-state index in [2.05, 4.69) is 12.1 Å². The smallest absolute Gasteiger partial charge is 0.255 e. The van der Waals surface area contributed by atoms with Crippen molar-refractivity contribution in [1.29, 1.82) is 0 Å². The SMILES string of the molecule is COc1cc(C(=O)N2C[C@@H](CN)[C@H](c3ccccc3)C2)ccc1OCC(N)=O.Cl. The van der Waals surface area contributed by atoms with Crippen LogP contribution in [0.2, 0.25) is 0 Å². The molecule has 2 amide bonds. The number of rotatable bonds is 7. The Bertz CT molecular complexity index is 847. The summed E-state index contributed by atoms with van der Waals surface area (Å²) >= 11 is 0. The number of halogens is 1. The van der Waals surface area contributed by atoms with Gasteiger partial charge in [0.05, 0.1) is 7.11 Å². The van der Waals surface area contributed by atoms with E-state index in [1.807, 2.05) is 23.1 Å². The number of likely N-dealkylation sites (tertiary alicyclic amines) is 1. The number of carbonyl (C=O) groups is 2. The van der Waals surface area contributed by atoms with Crippen LogP contribution in [-0.2, 0) is 4.79 Å². The lowest BCUT2D eigenvalue weighted by Gasteiger charge is -2.18. The van der Waals surface area contributed by atoms with E-state index in [4.69, 9.17) is 20.9 Å². The number of methoxy groups -OCH3 is 1. The summed E-state index contributed by atoms with van der Waals surface area (Å²) in [6.07, 6.45) is 0. The fourth-order valence-electron chi connectivity index (χ4n) is 3.61. The van der Waals surface area contributed by atoms with E-state index in [-0.39, 0.29) is 36.8 Å². The lowest BCUT2D eigenvalue weighted by molar-refractivity contribution is -0.119. The highest BCUT2D eigenvalue weighted by molar-refractivity contribution is 5.95. The molecule has 4 N–H and O–H groups in total. The summed E-state index contributed by atoms with van der Waals surface area (Å²) in [6.45, 7) is 1.49. The molecule has 0 radical (unpaired) electrons. The molecule has 8 heteroatoms. The van der Waals surface area contributed by atoms with Gasteiger partial charge in [-0.1, -0.05) is 30.3 Å². The first-order valence-electron chi connectivity index (χ1n) is 9.17. The number of benzene rings is 2. The quantitative estimate of drug-likeness (QED) is 0.711. The van der Waals surface area contributed by atoms with Crippen LogP contribution < -0.4 is 20.9 Å². The average molecular weight is 420 g/mol. The maximum atomic E-state index is 13.0. The number of nitrogens with zero attached hydrogens (tertiary/aromatic N) is 1. The van der Waals surface area contributed by atoms with E-state index >= 15 is 0 Å². The number of amides is 2. The Hall–Kier alpha value is -2.77. The van der Waals surface area contributed by atoms with Gasteiger partial charge in [-0.3, -0.25) is 9.59 Å². The summed E-state index contributed by atoms with van der Waals surface area (Å²) in [5.74, 6) is 0.500. The van der Waals surface area contributed by atoms with E-state index in [9.17, 15) is 9.59 Å². The second-order valence-electron chi connectivity index (χ2n) is 6.84. The van der Waals surface area contributed by atoms with Crippen molar-refractivity contribution in [2.75, 3.05) is 33.4 Å². The molecule has 1 aliphatic heterocycles. The molecule has 7 nitrogen and oxygen atoms in total. The summed E-state index contributed by atoms with van der Waals surface area (Å²) < 4.78 is 10.6. The predicted octanol–water partition coefficient (Wildman–Crippen LogP) is 1.80. The van der Waals surface area contributed by atoms with Gasteiger partial charge < -0.3 is 25.8 Å². The van der Waals surface area contributed by atoms with Crippen LogP contribution in [-0.4, -0.2) is 50.1 Å². The van der Waals surface area contributed by atoms with Crippen LogP contribution in [0.4, 0.5) is 0 Å². The molecule has 1 fully saturated rings. The standard InChI is InChI=1S/C21H25N3O4.ClH/c1-27-19-9-15(7-8-18(19)28-13-20(23)25)21(26)24-11-16(10-22)17(12-24)14-5-3-2-4-6-14;/h2-9,16-17H,10-13,22H2,1H3,(H2,23,25);1H/t16-,17+;/m1./s1. The molecule has 2 atom stereocenters. The van der Waals surface area contributed by atoms with E-state index < -0.39 is 5.91 Å². The highest BCUT2D eigenvalue weighted by Crippen LogP contribution is 2.34. The number of primary amides is 1. The van der Waals surface area contributed by atoms with Crippen molar-refractivity contribution in [2.24, 2.45) is 17.4 Å². The first-order valence-corrected chi connectivity index (χ1v) is 9.17. The molecule has 1 aliphatic rings. The van der Waals surface area contributed by atoms with Gasteiger partial charge in [0.1, 0.15) is 0 Å². The second kappa shape index (κ2) is 10.1. The summed E-state index contributed by atoms with van der Waals surface area (Å²) in [4.78, 5) is 25.8. The van der Waals surface area contributed by atoms with Crippen molar-refractivity contribution in [3.8, 4) is 11.5 Å². The third kappa shape index (κ3) is 5.19. The normalized spacial score (nSPS) is 18.1. The van der Waals surface area contributed by atoms with Gasteiger partial charge in [0.2, 0.25) is 0 Å². The third-order valence-corrected chi connectivity index (χ3v) is 5.04. The maximum Gasteiger partial charge on any atom is 0.255 e. The fraction of sp³-hybridized carbons (Fsp3) is 0.333. The summed E-state index contributed by atoms with van der Waals surface area (Å²) in [6, 6.07) is 15.0. The molecule has 0 aliphatic carbocycles. The van der Waals surface area contributed by atoms with Gasteiger partial charge in [0, 0.05) is 24.6 Å². The molecule has 0 bridgehead atoms. The van der Waals surface area contributed by atoms with Gasteiger partial charge in [-0.25, -0.2) is 0 Å². The second-order valence-corrected chi connectivity index (χ2v) is 6.84. The zero-order valence-electron chi connectivity index (χ0n) is 16.2. The molecule has 0 saturated carbocycles. The number of hydrogen-bond donors (Lipinski definition) is 2. The van der Waals surface area contributed by atoms with Gasteiger partial charge in [0.25, 0.3) is 11.8 Å². The van der Waals surface area contributed by atoms with E-state index in [0.29, 0.717) is 36.7 Å². The summed E-state index contributed by atoms with van der Waals surface area (Å²) in [5, 5.41) is 0. The molecule has 1 saturated heterocycles. The lowest BCUT2D eigenvalue weighted by atomic mass is 9.89. The molecule has 2 aromatic rings. The Labute approximate surface area is 176 Å². The lowest BCUT2D eigenvalue weighted by Crippen LogP contribution is -2.29. The molecule has 3 rings (SSSR count). The van der Waals surface area contributed by atoms with Gasteiger partial charge in [0.15, 0.2) is 18.1 Å². The van der Waals surface area contributed by atoms with Crippen molar-refractivity contribution >= 4 is 24.2 Å². The Kier molecular flexibility index (Phi) is 7.87.